The van der Waals surface area contributed by atoms with Crippen LogP contribution in [0.5, 0.6) is 0 Å². The number of hydrogen-bond acceptors (Lipinski definition) is 4. The van der Waals surface area contributed by atoms with Gasteiger partial charge in [0.25, 0.3) is 0 Å². The van der Waals surface area contributed by atoms with Crippen molar-refractivity contribution in [2.75, 3.05) is 24.3 Å². The van der Waals surface area contributed by atoms with Crippen LogP contribution in [0.15, 0.2) is 48.5 Å². The Bertz CT molecular complexity index is 766. The highest BCUT2D eigenvalue weighted by atomic mass is 16.2. The fraction of sp³-hybridized carbons (Fsp3) is 0.211. The van der Waals surface area contributed by atoms with Gasteiger partial charge in [0.1, 0.15) is 0 Å². The van der Waals surface area contributed by atoms with Crippen molar-refractivity contribution in [1.82, 2.24) is 5.32 Å². The Hall–Kier alpha value is -3.15. The molecular weight excluding hydrogens is 318 g/mol. The lowest BCUT2D eigenvalue weighted by Gasteiger charge is -2.13. The minimum Gasteiger partial charge on any atom is -0.378 e. The topological polar surface area (TPSA) is 78.5 Å². The quantitative estimate of drug-likeness (QED) is 0.647. The van der Waals surface area contributed by atoms with Gasteiger partial charge in [-0.25, -0.2) is 0 Å². The van der Waals surface area contributed by atoms with Gasteiger partial charge < -0.3 is 15.5 Å². The van der Waals surface area contributed by atoms with Crippen LogP contribution in [0.1, 0.15) is 22.8 Å². The van der Waals surface area contributed by atoms with E-state index < -0.39 is 11.8 Å². The van der Waals surface area contributed by atoms with Crippen LogP contribution in [0, 0.1) is 0 Å². The Morgan fingerprint density at radius 3 is 2.00 bits per heavy atom. The van der Waals surface area contributed by atoms with Crippen LogP contribution >= 0.6 is 0 Å². The van der Waals surface area contributed by atoms with Crippen molar-refractivity contribution < 1.29 is 14.4 Å². The molecule has 25 heavy (non-hydrogen) atoms. The second-order valence-electron chi connectivity index (χ2n) is 5.83. The van der Waals surface area contributed by atoms with E-state index in [0.717, 1.165) is 11.3 Å². The molecule has 0 aromatic heterocycles. The van der Waals surface area contributed by atoms with Gasteiger partial charge in [-0.05, 0) is 48.9 Å². The SMILES string of the molecule is CC(=O)c1ccc(NC(=O)C(=O)NCc2ccc(N(C)C)cc2)cc1. The molecule has 0 heterocycles. The van der Waals surface area contributed by atoms with Crippen LogP contribution in [0.25, 0.3) is 0 Å². The minimum absolute atomic E-state index is 0.0593. The number of anilines is 2. The molecule has 0 bridgehead atoms. The van der Waals surface area contributed by atoms with Gasteiger partial charge in [-0.15, -0.1) is 0 Å². The monoisotopic (exact) mass is 339 g/mol. The third kappa shape index (κ3) is 5.17. The second kappa shape index (κ2) is 8.10. The van der Waals surface area contributed by atoms with E-state index in [1.165, 1.54) is 6.92 Å². The van der Waals surface area contributed by atoms with Gasteiger partial charge in [-0.1, -0.05) is 12.1 Å². The molecule has 0 spiro atoms. The first-order valence-electron chi connectivity index (χ1n) is 7.83. The van der Waals surface area contributed by atoms with Gasteiger partial charge in [-0.3, -0.25) is 14.4 Å². The number of nitrogens with one attached hydrogen (secondary N) is 2. The van der Waals surface area contributed by atoms with E-state index in [-0.39, 0.29) is 12.3 Å². The summed E-state index contributed by atoms with van der Waals surface area (Å²) in [7, 11) is 3.90. The Kier molecular flexibility index (Phi) is 5.89. The highest BCUT2D eigenvalue weighted by Crippen LogP contribution is 2.12. The number of Topliss-reactive ketones (excluding diaryl/α,β-unsaturated/α-hetero) is 1. The predicted octanol–water partition coefficient (Wildman–Crippen LogP) is 2.21. The highest BCUT2D eigenvalue weighted by Gasteiger charge is 2.13. The number of hydrogen-bond donors (Lipinski definition) is 2. The zero-order valence-corrected chi connectivity index (χ0v) is 14.5. The molecule has 6 nitrogen and oxygen atoms in total. The van der Waals surface area contributed by atoms with Crippen molar-refractivity contribution in [3.8, 4) is 0 Å². The van der Waals surface area contributed by atoms with E-state index in [0.29, 0.717) is 11.3 Å². The molecule has 0 unspecified atom stereocenters. The molecule has 2 aromatic rings. The maximum Gasteiger partial charge on any atom is 0.313 e. The molecule has 2 amide bonds. The van der Waals surface area contributed by atoms with Gasteiger partial charge >= 0.3 is 11.8 Å². The number of rotatable bonds is 5. The number of amides is 2. The summed E-state index contributed by atoms with van der Waals surface area (Å²) in [5.74, 6) is -1.52. The second-order valence-corrected chi connectivity index (χ2v) is 5.83. The first-order chi connectivity index (χ1) is 11.9. The van der Waals surface area contributed by atoms with Crippen molar-refractivity contribution in [2.24, 2.45) is 0 Å². The van der Waals surface area contributed by atoms with Crippen molar-refractivity contribution >= 4 is 29.0 Å². The van der Waals surface area contributed by atoms with Gasteiger partial charge in [0.05, 0.1) is 0 Å². The summed E-state index contributed by atoms with van der Waals surface area (Å²) in [5, 5.41) is 5.08. The normalized spacial score (nSPS) is 10.0. The van der Waals surface area contributed by atoms with Crippen LogP contribution in [-0.2, 0) is 16.1 Å². The van der Waals surface area contributed by atoms with E-state index in [1.807, 2.05) is 43.3 Å². The average Bonchev–Trinajstić information content (AvgIpc) is 2.60. The molecule has 130 valence electrons. The first-order valence-corrected chi connectivity index (χ1v) is 7.83. The molecule has 0 saturated heterocycles. The van der Waals surface area contributed by atoms with Crippen molar-refractivity contribution in [3.63, 3.8) is 0 Å². The third-order valence-corrected chi connectivity index (χ3v) is 3.66. The standard InChI is InChI=1S/C19H21N3O3/c1-13(23)15-6-8-16(9-7-15)21-19(25)18(24)20-12-14-4-10-17(11-5-14)22(2)3/h4-11H,12H2,1-3H3,(H,20,24)(H,21,25). The molecule has 0 atom stereocenters. The summed E-state index contributed by atoms with van der Waals surface area (Å²) in [6.07, 6.45) is 0. The van der Waals surface area contributed by atoms with Gasteiger partial charge in [0.2, 0.25) is 0 Å². The van der Waals surface area contributed by atoms with Crippen LogP contribution in [-0.4, -0.2) is 31.7 Å². The molecule has 0 aliphatic heterocycles. The van der Waals surface area contributed by atoms with E-state index in [1.54, 1.807) is 24.3 Å². The number of benzene rings is 2. The molecule has 0 saturated carbocycles. The van der Waals surface area contributed by atoms with E-state index in [2.05, 4.69) is 10.6 Å². The van der Waals surface area contributed by atoms with Crippen LogP contribution < -0.4 is 15.5 Å². The minimum atomic E-state index is -0.750. The summed E-state index contributed by atoms with van der Waals surface area (Å²) in [4.78, 5) is 37.0. The predicted molar refractivity (Wildman–Crippen MR) is 97.7 cm³/mol. The molecule has 0 fully saturated rings. The lowest BCUT2D eigenvalue weighted by Crippen LogP contribution is -2.34. The Labute approximate surface area is 146 Å². The largest absolute Gasteiger partial charge is 0.378 e. The van der Waals surface area contributed by atoms with Crippen molar-refractivity contribution in [1.29, 1.82) is 0 Å². The van der Waals surface area contributed by atoms with Crippen molar-refractivity contribution in [2.45, 2.75) is 13.5 Å². The van der Waals surface area contributed by atoms with Crippen molar-refractivity contribution in [3.05, 3.63) is 59.7 Å². The number of ketones is 1. The zero-order chi connectivity index (χ0) is 18.4. The summed E-state index contributed by atoms with van der Waals surface area (Å²) in [6, 6.07) is 14.0. The Balaban J connectivity index is 1.87. The smallest absolute Gasteiger partial charge is 0.313 e. The summed E-state index contributed by atoms with van der Waals surface area (Å²) in [5.41, 5.74) is 2.96. The molecule has 2 aromatic carbocycles. The van der Waals surface area contributed by atoms with E-state index in [9.17, 15) is 14.4 Å². The first kappa shape index (κ1) is 18.2. The Morgan fingerprint density at radius 2 is 1.48 bits per heavy atom. The fourth-order valence-electron chi connectivity index (χ4n) is 2.15. The maximum absolute atomic E-state index is 11.9. The molecule has 0 radical (unpaired) electrons. The Morgan fingerprint density at radius 1 is 0.880 bits per heavy atom. The molecule has 6 heteroatoms. The van der Waals surface area contributed by atoms with Gasteiger partial charge in [-0.2, -0.15) is 0 Å². The fourth-order valence-corrected chi connectivity index (χ4v) is 2.15. The summed E-state index contributed by atoms with van der Waals surface area (Å²) in [6.45, 7) is 1.73. The summed E-state index contributed by atoms with van der Waals surface area (Å²) < 4.78 is 0. The molecule has 0 aliphatic rings. The lowest BCUT2D eigenvalue weighted by molar-refractivity contribution is -0.136. The summed E-state index contributed by atoms with van der Waals surface area (Å²) >= 11 is 0. The van der Waals surface area contributed by atoms with Gasteiger partial charge in [0, 0.05) is 37.6 Å². The van der Waals surface area contributed by atoms with Gasteiger partial charge in [0.15, 0.2) is 5.78 Å². The molecule has 0 aliphatic carbocycles. The molecular formula is C19H21N3O3. The third-order valence-electron chi connectivity index (χ3n) is 3.66. The van der Waals surface area contributed by atoms with E-state index in [4.69, 9.17) is 0 Å². The maximum atomic E-state index is 11.9. The highest BCUT2D eigenvalue weighted by molar-refractivity contribution is 6.39. The zero-order valence-electron chi connectivity index (χ0n) is 14.5. The van der Waals surface area contributed by atoms with Crippen LogP contribution in [0.4, 0.5) is 11.4 Å². The molecule has 2 N–H and O–H groups in total. The van der Waals surface area contributed by atoms with Crippen LogP contribution in [0.2, 0.25) is 0 Å². The molecule has 2 rings (SSSR count). The number of nitrogens with zero attached hydrogens (tertiary/aromatic N) is 1. The average molecular weight is 339 g/mol. The van der Waals surface area contributed by atoms with Crippen LogP contribution in [0.3, 0.4) is 0 Å². The number of carbonyl (C=O) groups excluding carboxylic acids is 3. The number of carbonyl (C=O) groups is 3. The van der Waals surface area contributed by atoms with E-state index >= 15 is 0 Å². The lowest BCUT2D eigenvalue weighted by atomic mass is 10.1.